The number of hydrogen-bond acceptors (Lipinski definition) is 3. The lowest BCUT2D eigenvalue weighted by molar-refractivity contribution is 0.189. The molecule has 4 nitrogen and oxygen atoms in total. The Balaban J connectivity index is 1.35. The lowest BCUT2D eigenvalue weighted by Crippen LogP contribution is -2.43. The van der Waals surface area contributed by atoms with Gasteiger partial charge in [-0.1, -0.05) is 0 Å². The summed E-state index contributed by atoms with van der Waals surface area (Å²) in [6, 6.07) is 8.03. The van der Waals surface area contributed by atoms with Crippen LogP contribution in [0.25, 0.3) is 11.3 Å². The molecule has 0 atom stereocenters. The number of piperidine rings is 1. The van der Waals surface area contributed by atoms with E-state index in [4.69, 9.17) is 0 Å². The molecule has 1 aromatic carbocycles. The maximum absolute atomic E-state index is 13.1. The minimum absolute atomic E-state index is 0.213. The Morgan fingerprint density at radius 1 is 1.13 bits per heavy atom. The van der Waals surface area contributed by atoms with Gasteiger partial charge in [-0.3, -0.25) is 5.10 Å². The summed E-state index contributed by atoms with van der Waals surface area (Å²) in [6.07, 6.45) is 7.10. The lowest BCUT2D eigenvalue weighted by atomic mass is 10.0. The van der Waals surface area contributed by atoms with E-state index < -0.39 is 0 Å². The smallest absolute Gasteiger partial charge is 0.123 e. The summed E-state index contributed by atoms with van der Waals surface area (Å²) < 4.78 is 13.1. The fraction of sp³-hybridized carbons (Fsp3) is 0.500. The fourth-order valence-corrected chi connectivity index (χ4v) is 3.47. The van der Waals surface area contributed by atoms with Crippen LogP contribution in [0.1, 0.15) is 31.2 Å². The Bertz CT molecular complexity index is 639. The predicted octanol–water partition coefficient (Wildman–Crippen LogP) is 2.93. The number of rotatable bonds is 5. The molecule has 0 amide bonds. The SMILES string of the molecule is Fc1ccc(-c2[nH]ncc2CNC2CCN(C3CC3)CC2)cc1. The average molecular weight is 314 g/mol. The molecule has 2 N–H and O–H groups in total. The van der Waals surface area contributed by atoms with Gasteiger partial charge in [-0.2, -0.15) is 5.10 Å². The Labute approximate surface area is 136 Å². The van der Waals surface area contributed by atoms with Crippen molar-refractivity contribution < 1.29 is 4.39 Å². The minimum Gasteiger partial charge on any atom is -0.310 e. The molecule has 5 heteroatoms. The second-order valence-electron chi connectivity index (χ2n) is 6.70. The molecule has 0 unspecified atom stereocenters. The zero-order valence-electron chi connectivity index (χ0n) is 13.3. The molecule has 1 aliphatic heterocycles. The van der Waals surface area contributed by atoms with Gasteiger partial charge in [-0.25, -0.2) is 4.39 Å². The third kappa shape index (κ3) is 3.46. The standard InChI is InChI=1S/C18H23FN4/c19-15-3-1-13(2-4-15)18-14(12-21-22-18)11-20-16-7-9-23(10-8-16)17-5-6-17/h1-4,12,16-17,20H,5-11H2,(H,21,22). The molecule has 0 bridgehead atoms. The molecule has 23 heavy (non-hydrogen) atoms. The number of halogens is 1. The van der Waals surface area contributed by atoms with Gasteiger partial charge in [0, 0.05) is 29.8 Å². The molecule has 1 aromatic heterocycles. The maximum Gasteiger partial charge on any atom is 0.123 e. The minimum atomic E-state index is -0.213. The molecule has 0 spiro atoms. The molecule has 2 aromatic rings. The van der Waals surface area contributed by atoms with Crippen molar-refractivity contribution in [2.45, 2.75) is 44.3 Å². The first-order valence-corrected chi connectivity index (χ1v) is 8.55. The number of nitrogens with one attached hydrogen (secondary N) is 2. The van der Waals surface area contributed by atoms with Gasteiger partial charge in [0.1, 0.15) is 5.82 Å². The van der Waals surface area contributed by atoms with Crippen LogP contribution in [-0.2, 0) is 6.54 Å². The Hall–Kier alpha value is -1.72. The molecule has 2 heterocycles. The van der Waals surface area contributed by atoms with Crippen molar-refractivity contribution in [1.82, 2.24) is 20.4 Å². The van der Waals surface area contributed by atoms with Gasteiger partial charge in [0.25, 0.3) is 0 Å². The fourth-order valence-electron chi connectivity index (χ4n) is 3.47. The number of nitrogens with zero attached hydrogens (tertiary/aromatic N) is 2. The van der Waals surface area contributed by atoms with Gasteiger partial charge in [-0.05, 0) is 63.0 Å². The average Bonchev–Trinajstić information content (AvgIpc) is 3.33. The van der Waals surface area contributed by atoms with Gasteiger partial charge in [-0.15, -0.1) is 0 Å². The monoisotopic (exact) mass is 314 g/mol. The largest absolute Gasteiger partial charge is 0.310 e. The highest BCUT2D eigenvalue weighted by atomic mass is 19.1. The molecular formula is C18H23FN4. The molecular weight excluding hydrogens is 291 g/mol. The topological polar surface area (TPSA) is 44.0 Å². The van der Waals surface area contributed by atoms with E-state index in [0.717, 1.165) is 29.4 Å². The molecule has 1 saturated heterocycles. The van der Waals surface area contributed by atoms with E-state index in [1.807, 2.05) is 6.20 Å². The molecule has 4 rings (SSSR count). The van der Waals surface area contributed by atoms with Crippen LogP contribution in [0.15, 0.2) is 30.5 Å². The number of aromatic amines is 1. The number of aromatic nitrogens is 2. The predicted molar refractivity (Wildman–Crippen MR) is 88.4 cm³/mol. The van der Waals surface area contributed by atoms with Crippen molar-refractivity contribution in [3.05, 3.63) is 41.8 Å². The van der Waals surface area contributed by atoms with Crippen molar-refractivity contribution in [3.63, 3.8) is 0 Å². The third-order valence-corrected chi connectivity index (χ3v) is 5.02. The molecule has 122 valence electrons. The third-order valence-electron chi connectivity index (χ3n) is 5.02. The first kappa shape index (κ1) is 14.8. The van der Waals surface area contributed by atoms with E-state index in [1.54, 1.807) is 12.1 Å². The Morgan fingerprint density at radius 2 is 1.87 bits per heavy atom. The zero-order chi connectivity index (χ0) is 15.6. The van der Waals surface area contributed by atoms with Crippen molar-refractivity contribution >= 4 is 0 Å². The number of benzene rings is 1. The summed E-state index contributed by atoms with van der Waals surface area (Å²) in [4.78, 5) is 2.64. The number of hydrogen-bond donors (Lipinski definition) is 2. The number of H-pyrrole nitrogens is 1. The summed E-state index contributed by atoms with van der Waals surface area (Å²) in [5, 5.41) is 10.9. The summed E-state index contributed by atoms with van der Waals surface area (Å²) in [6.45, 7) is 3.24. The van der Waals surface area contributed by atoms with Crippen molar-refractivity contribution in [2.24, 2.45) is 0 Å². The van der Waals surface area contributed by atoms with E-state index in [-0.39, 0.29) is 5.82 Å². The first-order valence-electron chi connectivity index (χ1n) is 8.55. The van der Waals surface area contributed by atoms with Crippen molar-refractivity contribution in [1.29, 1.82) is 0 Å². The van der Waals surface area contributed by atoms with Crippen LogP contribution in [0.4, 0.5) is 4.39 Å². The molecule has 0 radical (unpaired) electrons. The highest BCUT2D eigenvalue weighted by molar-refractivity contribution is 5.62. The van der Waals surface area contributed by atoms with Crippen LogP contribution < -0.4 is 5.32 Å². The highest BCUT2D eigenvalue weighted by Crippen LogP contribution is 2.29. The molecule has 1 saturated carbocycles. The van der Waals surface area contributed by atoms with Crippen LogP contribution in [0.5, 0.6) is 0 Å². The summed E-state index contributed by atoms with van der Waals surface area (Å²) in [7, 11) is 0. The molecule has 1 aliphatic carbocycles. The van der Waals surface area contributed by atoms with Gasteiger partial charge in [0.05, 0.1) is 11.9 Å². The van der Waals surface area contributed by atoms with Crippen LogP contribution in [0.2, 0.25) is 0 Å². The van der Waals surface area contributed by atoms with Crippen LogP contribution in [-0.4, -0.2) is 40.3 Å². The molecule has 2 fully saturated rings. The van der Waals surface area contributed by atoms with Crippen molar-refractivity contribution in [2.75, 3.05) is 13.1 Å². The second kappa shape index (κ2) is 6.42. The van der Waals surface area contributed by atoms with E-state index in [9.17, 15) is 4.39 Å². The summed E-state index contributed by atoms with van der Waals surface area (Å²) in [5.41, 5.74) is 3.10. The second-order valence-corrected chi connectivity index (χ2v) is 6.70. The Morgan fingerprint density at radius 3 is 2.57 bits per heavy atom. The Kier molecular flexibility index (Phi) is 4.14. The highest BCUT2D eigenvalue weighted by Gasteiger charge is 2.31. The van der Waals surface area contributed by atoms with Crippen LogP contribution in [0, 0.1) is 5.82 Å². The normalized spacial score (nSPS) is 20.0. The van der Waals surface area contributed by atoms with Crippen LogP contribution >= 0.6 is 0 Å². The van der Waals surface area contributed by atoms with E-state index >= 15 is 0 Å². The van der Waals surface area contributed by atoms with Crippen LogP contribution in [0.3, 0.4) is 0 Å². The first-order chi connectivity index (χ1) is 11.3. The zero-order valence-corrected chi connectivity index (χ0v) is 13.3. The van der Waals surface area contributed by atoms with Gasteiger partial charge >= 0.3 is 0 Å². The number of likely N-dealkylation sites (tertiary alicyclic amines) is 1. The van der Waals surface area contributed by atoms with Gasteiger partial charge in [0.2, 0.25) is 0 Å². The molecule has 2 aliphatic rings. The maximum atomic E-state index is 13.1. The van der Waals surface area contributed by atoms with E-state index in [2.05, 4.69) is 20.4 Å². The summed E-state index contributed by atoms with van der Waals surface area (Å²) in [5.74, 6) is -0.213. The van der Waals surface area contributed by atoms with E-state index in [0.29, 0.717) is 6.04 Å². The lowest BCUT2D eigenvalue weighted by Gasteiger charge is -2.32. The van der Waals surface area contributed by atoms with Crippen molar-refractivity contribution in [3.8, 4) is 11.3 Å². The quantitative estimate of drug-likeness (QED) is 0.892. The summed E-state index contributed by atoms with van der Waals surface area (Å²) >= 11 is 0. The van der Waals surface area contributed by atoms with Gasteiger partial charge in [0.15, 0.2) is 0 Å². The van der Waals surface area contributed by atoms with Gasteiger partial charge < -0.3 is 10.2 Å². The van der Waals surface area contributed by atoms with E-state index in [1.165, 1.54) is 50.9 Å².